The second-order valence-corrected chi connectivity index (χ2v) is 5.71. The number of aryl methyl sites for hydroxylation is 2. The lowest BCUT2D eigenvalue weighted by atomic mass is 10.1. The number of anilines is 1. The number of thiazole rings is 1. The van der Waals surface area contributed by atoms with Gasteiger partial charge in [-0.2, -0.15) is 0 Å². The molecule has 22 heavy (non-hydrogen) atoms. The number of hydrogen-bond acceptors (Lipinski definition) is 6. The summed E-state index contributed by atoms with van der Waals surface area (Å²) in [5.41, 5.74) is 6.88. The zero-order valence-corrected chi connectivity index (χ0v) is 12.9. The van der Waals surface area contributed by atoms with Gasteiger partial charge in [0.15, 0.2) is 0 Å². The maximum absolute atomic E-state index is 12.0. The molecule has 0 unspecified atom stereocenters. The van der Waals surface area contributed by atoms with Crippen LogP contribution in [0.1, 0.15) is 27.5 Å². The van der Waals surface area contributed by atoms with Crippen molar-refractivity contribution in [2.24, 2.45) is 0 Å². The van der Waals surface area contributed by atoms with Gasteiger partial charge in [-0.1, -0.05) is 0 Å². The summed E-state index contributed by atoms with van der Waals surface area (Å²) in [5.74, 6) is -0.406. The first-order chi connectivity index (χ1) is 10.5. The van der Waals surface area contributed by atoms with Gasteiger partial charge >= 0.3 is 0 Å². The number of benzene rings is 1. The first-order valence-electron chi connectivity index (χ1n) is 6.70. The summed E-state index contributed by atoms with van der Waals surface area (Å²) in [5, 5.41) is 16.5. The summed E-state index contributed by atoms with van der Waals surface area (Å²) in [6.45, 7) is 2.40. The topological polar surface area (TPSA) is 111 Å². The Kier molecular flexibility index (Phi) is 5.05. The van der Waals surface area contributed by atoms with Gasteiger partial charge < -0.3 is 11.1 Å². The minimum absolute atomic E-state index is 0.124. The van der Waals surface area contributed by atoms with E-state index in [9.17, 15) is 14.9 Å². The summed E-state index contributed by atoms with van der Waals surface area (Å²) in [6.07, 6.45) is 1.52. The average Bonchev–Trinajstić information content (AvgIpc) is 2.89. The van der Waals surface area contributed by atoms with Crippen LogP contribution in [0.15, 0.2) is 23.6 Å². The monoisotopic (exact) mass is 320 g/mol. The van der Waals surface area contributed by atoms with E-state index in [0.29, 0.717) is 6.54 Å². The number of nitrogens with two attached hydrogens (primary N) is 1. The molecule has 3 N–H and O–H groups in total. The molecule has 7 nitrogen and oxygen atoms in total. The molecule has 2 aromatic rings. The Labute approximate surface area is 131 Å². The van der Waals surface area contributed by atoms with Gasteiger partial charge in [-0.05, 0) is 19.4 Å². The van der Waals surface area contributed by atoms with Crippen molar-refractivity contribution in [3.05, 3.63) is 50.0 Å². The van der Waals surface area contributed by atoms with Crippen LogP contribution in [0.2, 0.25) is 0 Å². The summed E-state index contributed by atoms with van der Waals surface area (Å²) < 4.78 is 0. The normalized spacial score (nSPS) is 10.4. The van der Waals surface area contributed by atoms with Crippen LogP contribution in [-0.2, 0) is 6.42 Å². The van der Waals surface area contributed by atoms with Crippen molar-refractivity contribution in [2.45, 2.75) is 19.8 Å². The predicted molar refractivity (Wildman–Crippen MR) is 85.0 cm³/mol. The Hall–Kier alpha value is -2.48. The molecule has 1 amide bonds. The van der Waals surface area contributed by atoms with E-state index in [0.717, 1.165) is 23.5 Å². The van der Waals surface area contributed by atoms with Crippen molar-refractivity contribution in [3.63, 3.8) is 0 Å². The zero-order chi connectivity index (χ0) is 16.1. The highest BCUT2D eigenvalue weighted by molar-refractivity contribution is 7.09. The second kappa shape index (κ2) is 6.99. The molecule has 0 fully saturated rings. The Bertz CT molecular complexity index is 699. The van der Waals surface area contributed by atoms with Crippen LogP contribution in [-0.4, -0.2) is 22.4 Å². The number of aromatic nitrogens is 1. The smallest absolute Gasteiger partial charge is 0.270 e. The van der Waals surface area contributed by atoms with Crippen LogP contribution in [0.4, 0.5) is 11.4 Å². The van der Waals surface area contributed by atoms with Crippen molar-refractivity contribution in [3.8, 4) is 0 Å². The molecule has 1 heterocycles. The summed E-state index contributed by atoms with van der Waals surface area (Å²) in [7, 11) is 0. The molecule has 0 saturated heterocycles. The summed E-state index contributed by atoms with van der Waals surface area (Å²) in [6, 6.07) is 3.83. The molecule has 0 aliphatic carbocycles. The lowest BCUT2D eigenvalue weighted by Gasteiger charge is -2.07. The molecular formula is C14H16N4O3S. The standard InChI is InChI=1S/C14H16N4O3S/c1-9-8-22-13(17-9)3-2-6-16-14(19)11-7-10(18(20)21)4-5-12(11)15/h4-5,7-8H,2-3,6,15H2,1H3,(H,16,19). The highest BCUT2D eigenvalue weighted by Crippen LogP contribution is 2.19. The van der Waals surface area contributed by atoms with E-state index >= 15 is 0 Å². The number of carbonyl (C=O) groups is 1. The molecular weight excluding hydrogens is 304 g/mol. The van der Waals surface area contributed by atoms with Gasteiger partial charge in [0.05, 0.1) is 15.5 Å². The number of nitrogen functional groups attached to an aromatic ring is 1. The quantitative estimate of drug-likeness (QED) is 0.367. The van der Waals surface area contributed by atoms with Crippen LogP contribution < -0.4 is 11.1 Å². The molecule has 116 valence electrons. The third-order valence-electron chi connectivity index (χ3n) is 3.01. The van der Waals surface area contributed by atoms with E-state index < -0.39 is 10.8 Å². The summed E-state index contributed by atoms with van der Waals surface area (Å²) in [4.78, 5) is 26.5. The van der Waals surface area contributed by atoms with Gasteiger partial charge in [0.2, 0.25) is 0 Å². The maximum Gasteiger partial charge on any atom is 0.270 e. The van der Waals surface area contributed by atoms with Crippen LogP contribution in [0, 0.1) is 17.0 Å². The van der Waals surface area contributed by atoms with E-state index in [1.807, 2.05) is 12.3 Å². The van der Waals surface area contributed by atoms with Crippen LogP contribution in [0.5, 0.6) is 0 Å². The minimum atomic E-state index is -0.555. The number of amides is 1. The van der Waals surface area contributed by atoms with Crippen LogP contribution >= 0.6 is 11.3 Å². The van der Waals surface area contributed by atoms with Gasteiger partial charge in [0.25, 0.3) is 11.6 Å². The van der Waals surface area contributed by atoms with Crippen molar-refractivity contribution in [2.75, 3.05) is 12.3 Å². The number of nitro groups is 1. The first kappa shape index (κ1) is 15.9. The fraction of sp³-hybridized carbons (Fsp3) is 0.286. The number of nitro benzene ring substituents is 1. The molecule has 0 aliphatic heterocycles. The maximum atomic E-state index is 12.0. The third kappa shape index (κ3) is 4.01. The van der Waals surface area contributed by atoms with Crippen molar-refractivity contribution in [1.82, 2.24) is 10.3 Å². The first-order valence-corrected chi connectivity index (χ1v) is 7.58. The number of nitrogens with zero attached hydrogens (tertiary/aromatic N) is 2. The molecule has 0 aliphatic rings. The molecule has 2 rings (SSSR count). The molecule has 1 aromatic carbocycles. The van der Waals surface area contributed by atoms with Gasteiger partial charge in [-0.15, -0.1) is 11.3 Å². The number of carbonyl (C=O) groups excluding carboxylic acids is 1. The Balaban J connectivity index is 1.89. The highest BCUT2D eigenvalue weighted by atomic mass is 32.1. The van der Waals surface area contributed by atoms with Gasteiger partial charge in [0, 0.05) is 41.9 Å². The summed E-state index contributed by atoms with van der Waals surface area (Å²) >= 11 is 1.59. The van der Waals surface area contributed by atoms with E-state index in [2.05, 4.69) is 10.3 Å². The molecule has 8 heteroatoms. The number of nitrogens with one attached hydrogen (secondary N) is 1. The van der Waals surface area contributed by atoms with Gasteiger partial charge in [0.1, 0.15) is 0 Å². The highest BCUT2D eigenvalue weighted by Gasteiger charge is 2.14. The Morgan fingerprint density at radius 1 is 1.50 bits per heavy atom. The molecule has 0 saturated carbocycles. The lowest BCUT2D eigenvalue weighted by molar-refractivity contribution is -0.384. The third-order valence-corrected chi connectivity index (χ3v) is 4.04. The Morgan fingerprint density at radius 3 is 2.91 bits per heavy atom. The fourth-order valence-corrected chi connectivity index (χ4v) is 2.73. The minimum Gasteiger partial charge on any atom is -0.398 e. The van der Waals surface area contributed by atoms with E-state index in [4.69, 9.17) is 5.73 Å². The SMILES string of the molecule is Cc1csc(CCCNC(=O)c2cc([N+](=O)[O-])ccc2N)n1. The Morgan fingerprint density at radius 2 is 2.27 bits per heavy atom. The van der Waals surface area contributed by atoms with Gasteiger partial charge in [-0.3, -0.25) is 14.9 Å². The van der Waals surface area contributed by atoms with Crippen molar-refractivity contribution >= 4 is 28.6 Å². The van der Waals surface area contributed by atoms with Crippen LogP contribution in [0.25, 0.3) is 0 Å². The number of hydrogen-bond donors (Lipinski definition) is 2. The van der Waals surface area contributed by atoms with E-state index in [1.54, 1.807) is 11.3 Å². The zero-order valence-electron chi connectivity index (χ0n) is 12.0. The molecule has 0 spiro atoms. The van der Waals surface area contributed by atoms with Crippen molar-refractivity contribution < 1.29 is 9.72 Å². The lowest BCUT2D eigenvalue weighted by Crippen LogP contribution is -2.25. The van der Waals surface area contributed by atoms with E-state index in [1.165, 1.54) is 18.2 Å². The molecule has 0 radical (unpaired) electrons. The number of rotatable bonds is 6. The molecule has 1 aromatic heterocycles. The predicted octanol–water partition coefficient (Wildman–Crippen LogP) is 2.30. The molecule has 0 bridgehead atoms. The van der Waals surface area contributed by atoms with Gasteiger partial charge in [-0.25, -0.2) is 4.98 Å². The van der Waals surface area contributed by atoms with Crippen LogP contribution in [0.3, 0.4) is 0 Å². The average molecular weight is 320 g/mol. The largest absolute Gasteiger partial charge is 0.398 e. The fourth-order valence-electron chi connectivity index (χ4n) is 1.91. The second-order valence-electron chi connectivity index (χ2n) is 4.77. The van der Waals surface area contributed by atoms with Crippen molar-refractivity contribution in [1.29, 1.82) is 0 Å². The van der Waals surface area contributed by atoms with E-state index in [-0.39, 0.29) is 16.9 Å². The number of non-ortho nitro benzene ring substituents is 1. The molecule has 0 atom stereocenters.